The van der Waals surface area contributed by atoms with Crippen molar-refractivity contribution in [2.45, 2.75) is 26.8 Å². The Bertz CT molecular complexity index is 1090. The molecule has 2 aromatic rings. The Morgan fingerprint density at radius 3 is 2.36 bits per heavy atom. The van der Waals surface area contributed by atoms with Crippen molar-refractivity contribution in [1.29, 1.82) is 5.26 Å². The molecule has 1 heterocycles. The predicted octanol–water partition coefficient (Wildman–Crippen LogP) is 4.06. The molecule has 0 bridgehead atoms. The highest BCUT2D eigenvalue weighted by atomic mass is 16.2. The fraction of sp³-hybridized carbons (Fsp3) is 0.407. The van der Waals surface area contributed by atoms with Crippen LogP contribution >= 0.6 is 0 Å². The zero-order valence-corrected chi connectivity index (χ0v) is 21.2. The van der Waals surface area contributed by atoms with Gasteiger partial charge in [0.25, 0.3) is 5.91 Å². The van der Waals surface area contributed by atoms with Crippen molar-refractivity contribution in [3.63, 3.8) is 0 Å². The molecule has 190 valence electrons. The summed E-state index contributed by atoms with van der Waals surface area (Å²) in [6, 6.07) is 15.9. The van der Waals surface area contributed by atoms with E-state index in [0.717, 1.165) is 29.4 Å². The average Bonchev–Trinajstić information content (AvgIpc) is 2.89. The summed E-state index contributed by atoms with van der Waals surface area (Å²) in [5.41, 5.74) is 1.99. The summed E-state index contributed by atoms with van der Waals surface area (Å²) in [5, 5.41) is 12.0. The number of amides is 5. The smallest absolute Gasteiger partial charge is 0.322 e. The topological polar surface area (TPSA) is 100.0 Å². The number of hydrogen-bond donors (Lipinski definition) is 1. The summed E-state index contributed by atoms with van der Waals surface area (Å²) >= 11 is 0. The predicted molar refractivity (Wildman–Crippen MR) is 138 cm³/mol. The molecule has 0 spiro atoms. The molecule has 2 aromatic carbocycles. The van der Waals surface area contributed by atoms with Crippen LogP contribution in [0.4, 0.5) is 15.3 Å². The second-order valence-electron chi connectivity index (χ2n) is 9.34. The number of rotatable bonds is 7. The van der Waals surface area contributed by atoms with Gasteiger partial charge in [0.2, 0.25) is 0 Å². The van der Waals surface area contributed by atoms with Crippen LogP contribution in [0.3, 0.4) is 0 Å². The molecule has 9 nitrogen and oxygen atoms in total. The number of urea groups is 2. The molecule has 1 aliphatic heterocycles. The van der Waals surface area contributed by atoms with Gasteiger partial charge in [0.05, 0.1) is 0 Å². The van der Waals surface area contributed by atoms with Gasteiger partial charge >= 0.3 is 12.1 Å². The van der Waals surface area contributed by atoms with Gasteiger partial charge in [0.1, 0.15) is 0 Å². The van der Waals surface area contributed by atoms with Gasteiger partial charge < -0.3 is 10.2 Å². The molecule has 5 amide bonds. The van der Waals surface area contributed by atoms with Crippen molar-refractivity contribution in [2.24, 2.45) is 5.92 Å². The van der Waals surface area contributed by atoms with Crippen LogP contribution in [0.5, 0.6) is 0 Å². The van der Waals surface area contributed by atoms with E-state index in [1.807, 2.05) is 32.0 Å². The van der Waals surface area contributed by atoms with Gasteiger partial charge in [-0.25, -0.2) is 14.5 Å². The number of hydrogen-bond acceptors (Lipinski definition) is 5. The lowest BCUT2D eigenvalue weighted by molar-refractivity contribution is 0.0776. The zero-order chi connectivity index (χ0) is 26.1. The first-order valence-electron chi connectivity index (χ1n) is 12.2. The van der Waals surface area contributed by atoms with Crippen LogP contribution in [-0.4, -0.2) is 77.3 Å². The Hall–Kier alpha value is -3.90. The Balaban J connectivity index is 1.61. The van der Waals surface area contributed by atoms with Gasteiger partial charge in [0.15, 0.2) is 6.19 Å². The van der Waals surface area contributed by atoms with E-state index in [-0.39, 0.29) is 24.1 Å². The van der Waals surface area contributed by atoms with Gasteiger partial charge in [-0.2, -0.15) is 5.26 Å². The Morgan fingerprint density at radius 1 is 1.03 bits per heavy atom. The molecule has 3 rings (SSSR count). The van der Waals surface area contributed by atoms with E-state index in [1.165, 1.54) is 12.6 Å². The normalized spacial score (nSPS) is 13.7. The molecule has 1 fully saturated rings. The maximum absolute atomic E-state index is 13.2. The largest absolute Gasteiger partial charge is 0.339 e. The number of nitriles is 1. The lowest BCUT2D eigenvalue weighted by Crippen LogP contribution is -2.49. The minimum absolute atomic E-state index is 0.200. The molecule has 0 atom stereocenters. The van der Waals surface area contributed by atoms with Crippen LogP contribution in [0.25, 0.3) is 0 Å². The molecule has 1 aliphatic rings. The van der Waals surface area contributed by atoms with Crippen LogP contribution in [0.2, 0.25) is 0 Å². The van der Waals surface area contributed by atoms with E-state index >= 15 is 0 Å². The number of nitrogens with zero attached hydrogens (tertiary/aromatic N) is 5. The first-order valence-corrected chi connectivity index (χ1v) is 12.2. The van der Waals surface area contributed by atoms with Gasteiger partial charge in [-0.1, -0.05) is 50.2 Å². The molecule has 0 saturated carbocycles. The second-order valence-corrected chi connectivity index (χ2v) is 9.34. The zero-order valence-electron chi connectivity index (χ0n) is 21.2. The summed E-state index contributed by atoms with van der Waals surface area (Å²) in [5.74, 6) is -0.229. The van der Waals surface area contributed by atoms with Gasteiger partial charge in [0, 0.05) is 57.6 Å². The van der Waals surface area contributed by atoms with Crippen molar-refractivity contribution in [1.82, 2.24) is 19.6 Å². The lowest BCUT2D eigenvalue weighted by Gasteiger charge is -2.34. The summed E-state index contributed by atoms with van der Waals surface area (Å²) in [6.45, 7) is 7.82. The minimum atomic E-state index is -0.675. The molecule has 0 unspecified atom stereocenters. The van der Waals surface area contributed by atoms with Crippen molar-refractivity contribution in [3.05, 3.63) is 65.7 Å². The maximum atomic E-state index is 13.2. The Kier molecular flexibility index (Phi) is 9.42. The minimum Gasteiger partial charge on any atom is -0.322 e. The average molecular weight is 491 g/mol. The summed E-state index contributed by atoms with van der Waals surface area (Å²) < 4.78 is 0. The van der Waals surface area contributed by atoms with Crippen molar-refractivity contribution >= 4 is 23.7 Å². The highest BCUT2D eigenvalue weighted by molar-refractivity contribution is 6.05. The van der Waals surface area contributed by atoms with Crippen LogP contribution in [0, 0.1) is 17.4 Å². The van der Waals surface area contributed by atoms with E-state index in [0.29, 0.717) is 25.2 Å². The van der Waals surface area contributed by atoms with E-state index in [4.69, 9.17) is 5.26 Å². The Morgan fingerprint density at radius 2 is 1.72 bits per heavy atom. The monoisotopic (exact) mass is 490 g/mol. The van der Waals surface area contributed by atoms with Crippen molar-refractivity contribution < 1.29 is 14.4 Å². The van der Waals surface area contributed by atoms with Crippen LogP contribution < -0.4 is 5.32 Å². The van der Waals surface area contributed by atoms with E-state index in [2.05, 4.69) is 22.3 Å². The molecule has 36 heavy (non-hydrogen) atoms. The van der Waals surface area contributed by atoms with Gasteiger partial charge in [-0.3, -0.25) is 14.6 Å². The molecular weight excluding hydrogens is 456 g/mol. The van der Waals surface area contributed by atoms with E-state index in [9.17, 15) is 14.4 Å². The first kappa shape index (κ1) is 26.7. The fourth-order valence-corrected chi connectivity index (χ4v) is 3.93. The number of piperazine rings is 1. The molecule has 1 N–H and O–H groups in total. The lowest BCUT2D eigenvalue weighted by atomic mass is 10.1. The van der Waals surface area contributed by atoms with Crippen LogP contribution in [0.15, 0.2) is 54.6 Å². The second kappa shape index (κ2) is 12.7. The molecule has 0 aliphatic carbocycles. The van der Waals surface area contributed by atoms with E-state index in [1.54, 1.807) is 35.4 Å². The van der Waals surface area contributed by atoms with Crippen molar-refractivity contribution in [2.75, 3.05) is 45.1 Å². The fourth-order valence-electron chi connectivity index (χ4n) is 3.93. The molecule has 1 saturated heterocycles. The number of anilines is 1. The summed E-state index contributed by atoms with van der Waals surface area (Å²) in [7, 11) is 1.33. The Labute approximate surface area is 212 Å². The van der Waals surface area contributed by atoms with Crippen LogP contribution in [-0.2, 0) is 6.54 Å². The third-order valence-electron chi connectivity index (χ3n) is 6.11. The number of carbonyl (C=O) groups excluding carboxylic acids is 3. The highest BCUT2D eigenvalue weighted by Crippen LogP contribution is 2.17. The maximum Gasteiger partial charge on any atom is 0.339 e. The van der Waals surface area contributed by atoms with Gasteiger partial charge in [-0.15, -0.1) is 0 Å². The standard InChI is InChI=1S/C27H34N6O3/c1-21(2)12-13-33(27(36)30(3)20-28)25(34)23-10-7-11-24(18-23)29-26(35)32-16-14-31(15-17-32)19-22-8-5-4-6-9-22/h4-11,18,21H,12-17,19H2,1-3H3,(H,29,35). The van der Waals surface area contributed by atoms with Gasteiger partial charge in [-0.05, 0) is 36.1 Å². The summed E-state index contributed by atoms with van der Waals surface area (Å²) in [6.07, 6.45) is 2.37. The summed E-state index contributed by atoms with van der Waals surface area (Å²) in [4.78, 5) is 44.7. The third kappa shape index (κ3) is 7.30. The van der Waals surface area contributed by atoms with Crippen LogP contribution in [0.1, 0.15) is 36.2 Å². The molecule has 0 radical (unpaired) electrons. The molecule has 9 heteroatoms. The SMILES string of the molecule is CC(C)CCN(C(=O)c1cccc(NC(=O)N2CCN(Cc3ccccc3)CC2)c1)C(=O)N(C)C#N. The molecular formula is C27H34N6O3. The number of nitrogens with one attached hydrogen (secondary N) is 1. The third-order valence-corrected chi connectivity index (χ3v) is 6.11. The number of carbonyl (C=O) groups is 3. The van der Waals surface area contributed by atoms with E-state index < -0.39 is 11.9 Å². The first-order chi connectivity index (χ1) is 17.3. The molecule has 0 aromatic heterocycles. The number of imide groups is 1. The van der Waals surface area contributed by atoms with Crippen molar-refractivity contribution in [3.8, 4) is 6.19 Å². The quantitative estimate of drug-likeness (QED) is 0.466. The highest BCUT2D eigenvalue weighted by Gasteiger charge is 2.26. The number of benzene rings is 2.